The fraction of sp³-hybridized carbons (Fsp3) is 0.368. The first kappa shape index (κ1) is 15.4. The Morgan fingerprint density at radius 2 is 1.57 bits per heavy atom. The van der Waals surface area contributed by atoms with E-state index in [4.69, 9.17) is 4.74 Å². The normalized spacial score (nSPS) is 13.7. The van der Waals surface area contributed by atoms with Gasteiger partial charge in [0.05, 0.1) is 7.11 Å². The molecular formula is C19H24O2. The van der Waals surface area contributed by atoms with Crippen molar-refractivity contribution in [2.24, 2.45) is 5.92 Å². The van der Waals surface area contributed by atoms with Crippen molar-refractivity contribution in [1.29, 1.82) is 0 Å². The van der Waals surface area contributed by atoms with E-state index in [0.29, 0.717) is 17.6 Å². The van der Waals surface area contributed by atoms with Crippen molar-refractivity contribution in [3.05, 3.63) is 59.7 Å². The summed E-state index contributed by atoms with van der Waals surface area (Å²) in [5.41, 5.74) is 2.63. The summed E-state index contributed by atoms with van der Waals surface area (Å²) in [7, 11) is 1.69. The van der Waals surface area contributed by atoms with Crippen LogP contribution >= 0.6 is 0 Å². The second-order valence-electron chi connectivity index (χ2n) is 5.89. The molecule has 2 heteroatoms. The molecule has 0 aliphatic heterocycles. The van der Waals surface area contributed by atoms with Gasteiger partial charge in [-0.05, 0) is 60.1 Å². The Bertz CT molecular complexity index is 543. The minimum atomic E-state index is 0.331. The van der Waals surface area contributed by atoms with E-state index in [-0.39, 0.29) is 0 Å². The first-order valence-corrected chi connectivity index (χ1v) is 7.50. The molecule has 0 aromatic heterocycles. The van der Waals surface area contributed by atoms with Gasteiger partial charge in [0, 0.05) is 0 Å². The van der Waals surface area contributed by atoms with Crippen LogP contribution in [0.4, 0.5) is 0 Å². The largest absolute Gasteiger partial charge is 0.508 e. The third kappa shape index (κ3) is 4.52. The third-order valence-electron chi connectivity index (χ3n) is 3.96. The van der Waals surface area contributed by atoms with Crippen LogP contribution in [0.1, 0.15) is 37.3 Å². The SMILES string of the molecule is COc1ccc(CC(C)CC(C)c2ccc(O)cc2)cc1. The van der Waals surface area contributed by atoms with Crippen molar-refractivity contribution in [2.45, 2.75) is 32.6 Å². The number of hydrogen-bond acceptors (Lipinski definition) is 2. The molecule has 2 aromatic rings. The van der Waals surface area contributed by atoms with Gasteiger partial charge < -0.3 is 9.84 Å². The zero-order valence-electron chi connectivity index (χ0n) is 13.0. The Balaban J connectivity index is 1.91. The molecule has 0 heterocycles. The van der Waals surface area contributed by atoms with Gasteiger partial charge in [-0.3, -0.25) is 0 Å². The van der Waals surface area contributed by atoms with Gasteiger partial charge in [0.2, 0.25) is 0 Å². The first-order chi connectivity index (χ1) is 10.1. The van der Waals surface area contributed by atoms with Crippen LogP contribution in [0.3, 0.4) is 0 Å². The van der Waals surface area contributed by atoms with Crippen LogP contribution < -0.4 is 4.74 Å². The predicted octanol–water partition coefficient (Wildman–Crippen LogP) is 4.77. The van der Waals surface area contributed by atoms with Gasteiger partial charge in [0.15, 0.2) is 0 Å². The van der Waals surface area contributed by atoms with Crippen LogP contribution in [-0.4, -0.2) is 12.2 Å². The van der Waals surface area contributed by atoms with E-state index in [1.807, 2.05) is 24.3 Å². The van der Waals surface area contributed by atoms with E-state index in [1.165, 1.54) is 11.1 Å². The minimum Gasteiger partial charge on any atom is -0.508 e. The highest BCUT2D eigenvalue weighted by atomic mass is 16.5. The molecule has 0 aliphatic rings. The fourth-order valence-electron chi connectivity index (χ4n) is 2.79. The second-order valence-corrected chi connectivity index (χ2v) is 5.89. The van der Waals surface area contributed by atoms with Gasteiger partial charge in [-0.15, -0.1) is 0 Å². The van der Waals surface area contributed by atoms with Crippen molar-refractivity contribution < 1.29 is 9.84 Å². The number of rotatable bonds is 6. The molecule has 0 saturated carbocycles. The summed E-state index contributed by atoms with van der Waals surface area (Å²) >= 11 is 0. The number of phenols is 1. The van der Waals surface area contributed by atoms with Crippen molar-refractivity contribution in [2.75, 3.05) is 7.11 Å². The van der Waals surface area contributed by atoms with Gasteiger partial charge in [-0.1, -0.05) is 38.1 Å². The van der Waals surface area contributed by atoms with Crippen LogP contribution in [0.2, 0.25) is 0 Å². The minimum absolute atomic E-state index is 0.331. The molecule has 0 radical (unpaired) electrons. The van der Waals surface area contributed by atoms with E-state index in [0.717, 1.165) is 18.6 Å². The molecule has 2 nitrogen and oxygen atoms in total. The van der Waals surface area contributed by atoms with Gasteiger partial charge in [-0.25, -0.2) is 0 Å². The predicted molar refractivity (Wildman–Crippen MR) is 87.0 cm³/mol. The van der Waals surface area contributed by atoms with Gasteiger partial charge in [0.1, 0.15) is 11.5 Å². The highest BCUT2D eigenvalue weighted by Crippen LogP contribution is 2.26. The molecule has 0 spiro atoms. The summed E-state index contributed by atoms with van der Waals surface area (Å²) < 4.78 is 5.19. The topological polar surface area (TPSA) is 29.5 Å². The lowest BCUT2D eigenvalue weighted by Gasteiger charge is -2.18. The molecule has 0 fully saturated rings. The molecular weight excluding hydrogens is 260 g/mol. The van der Waals surface area contributed by atoms with E-state index >= 15 is 0 Å². The maximum atomic E-state index is 9.35. The molecule has 0 bridgehead atoms. The molecule has 21 heavy (non-hydrogen) atoms. The van der Waals surface area contributed by atoms with Crippen LogP contribution in [0.25, 0.3) is 0 Å². The Kier molecular flexibility index (Phi) is 5.26. The lowest BCUT2D eigenvalue weighted by Crippen LogP contribution is -2.05. The molecule has 2 unspecified atom stereocenters. The molecule has 0 saturated heterocycles. The van der Waals surface area contributed by atoms with E-state index in [2.05, 4.69) is 26.0 Å². The maximum Gasteiger partial charge on any atom is 0.118 e. The molecule has 1 N–H and O–H groups in total. The first-order valence-electron chi connectivity index (χ1n) is 7.50. The summed E-state index contributed by atoms with van der Waals surface area (Å²) in [5.74, 6) is 2.35. The number of hydrogen-bond donors (Lipinski definition) is 1. The summed E-state index contributed by atoms with van der Waals surface area (Å²) in [5, 5.41) is 9.35. The quantitative estimate of drug-likeness (QED) is 0.827. The van der Waals surface area contributed by atoms with Crippen molar-refractivity contribution in [1.82, 2.24) is 0 Å². The summed E-state index contributed by atoms with van der Waals surface area (Å²) in [6.45, 7) is 4.54. The highest BCUT2D eigenvalue weighted by Gasteiger charge is 2.11. The van der Waals surface area contributed by atoms with Crippen LogP contribution in [-0.2, 0) is 6.42 Å². The van der Waals surface area contributed by atoms with E-state index in [1.54, 1.807) is 19.2 Å². The second kappa shape index (κ2) is 7.16. The van der Waals surface area contributed by atoms with Gasteiger partial charge in [0.25, 0.3) is 0 Å². The third-order valence-corrected chi connectivity index (χ3v) is 3.96. The standard InChI is InChI=1S/C19H24O2/c1-14(13-16-4-10-19(21-3)11-5-16)12-15(2)17-6-8-18(20)9-7-17/h4-11,14-15,20H,12-13H2,1-3H3. The smallest absolute Gasteiger partial charge is 0.118 e. The van der Waals surface area contributed by atoms with Crippen LogP contribution in [0.15, 0.2) is 48.5 Å². The van der Waals surface area contributed by atoms with Crippen molar-refractivity contribution in [3.63, 3.8) is 0 Å². The Morgan fingerprint density at radius 3 is 2.14 bits per heavy atom. The zero-order chi connectivity index (χ0) is 15.2. The molecule has 0 amide bonds. The number of ether oxygens (including phenoxy) is 1. The summed E-state index contributed by atoms with van der Waals surface area (Å²) in [6.07, 6.45) is 2.21. The number of aromatic hydroxyl groups is 1. The molecule has 2 atom stereocenters. The Morgan fingerprint density at radius 1 is 0.952 bits per heavy atom. The summed E-state index contributed by atoms with van der Waals surface area (Å²) in [6, 6.07) is 15.9. The Hall–Kier alpha value is -1.96. The number of benzene rings is 2. The summed E-state index contributed by atoms with van der Waals surface area (Å²) in [4.78, 5) is 0. The lowest BCUT2D eigenvalue weighted by atomic mass is 9.88. The van der Waals surface area contributed by atoms with E-state index in [9.17, 15) is 5.11 Å². The van der Waals surface area contributed by atoms with Gasteiger partial charge in [-0.2, -0.15) is 0 Å². The average Bonchev–Trinajstić information content (AvgIpc) is 2.48. The molecule has 112 valence electrons. The van der Waals surface area contributed by atoms with Gasteiger partial charge >= 0.3 is 0 Å². The van der Waals surface area contributed by atoms with Crippen molar-refractivity contribution >= 4 is 0 Å². The Labute approximate surface area is 127 Å². The molecule has 2 rings (SSSR count). The van der Waals surface area contributed by atoms with Crippen LogP contribution in [0, 0.1) is 5.92 Å². The monoisotopic (exact) mass is 284 g/mol. The molecule has 2 aromatic carbocycles. The fourth-order valence-corrected chi connectivity index (χ4v) is 2.79. The van der Waals surface area contributed by atoms with Crippen molar-refractivity contribution in [3.8, 4) is 11.5 Å². The number of phenolic OH excluding ortho intramolecular Hbond substituents is 1. The zero-order valence-corrected chi connectivity index (χ0v) is 13.0. The van der Waals surface area contributed by atoms with E-state index < -0.39 is 0 Å². The lowest BCUT2D eigenvalue weighted by molar-refractivity contribution is 0.414. The maximum absolute atomic E-state index is 9.35. The molecule has 0 aliphatic carbocycles. The average molecular weight is 284 g/mol. The van der Waals surface area contributed by atoms with Crippen LogP contribution in [0.5, 0.6) is 11.5 Å². The number of methoxy groups -OCH3 is 1. The highest BCUT2D eigenvalue weighted by molar-refractivity contribution is 5.29.